The van der Waals surface area contributed by atoms with Crippen LogP contribution in [0.25, 0.3) is 0 Å². The third-order valence-electron chi connectivity index (χ3n) is 14.6. The molecule has 2 aromatic rings. The van der Waals surface area contributed by atoms with Crippen molar-refractivity contribution in [2.75, 3.05) is 6.61 Å². The van der Waals surface area contributed by atoms with Crippen molar-refractivity contribution in [3.63, 3.8) is 0 Å². The number of aryl methyl sites for hydroxylation is 2. The van der Waals surface area contributed by atoms with Crippen LogP contribution in [0.3, 0.4) is 0 Å². The summed E-state index contributed by atoms with van der Waals surface area (Å²) in [4.78, 5) is 0. The summed E-state index contributed by atoms with van der Waals surface area (Å²) < 4.78 is 33.9. The highest BCUT2D eigenvalue weighted by atomic mass is 19.1. The molecule has 4 saturated carbocycles. The number of benzene rings is 2. The van der Waals surface area contributed by atoms with Crippen LogP contribution >= 0.6 is 0 Å². The van der Waals surface area contributed by atoms with Crippen molar-refractivity contribution >= 4 is 0 Å². The van der Waals surface area contributed by atoms with E-state index in [0.29, 0.717) is 40.6 Å². The van der Waals surface area contributed by atoms with Crippen molar-refractivity contribution in [2.24, 2.45) is 40.4 Å². The van der Waals surface area contributed by atoms with Gasteiger partial charge in [0.25, 0.3) is 0 Å². The highest BCUT2D eigenvalue weighted by Gasteiger charge is 2.54. The Kier molecular flexibility index (Phi) is 8.43. The maximum atomic E-state index is 14.2. The van der Waals surface area contributed by atoms with Crippen LogP contribution in [0.1, 0.15) is 138 Å². The summed E-state index contributed by atoms with van der Waals surface area (Å²) in [5.41, 5.74) is 8.22. The Balaban J connectivity index is 0.000000147. The van der Waals surface area contributed by atoms with E-state index >= 15 is 0 Å². The summed E-state index contributed by atoms with van der Waals surface area (Å²) in [5.74, 6) is 11.2. The molecule has 2 aromatic carbocycles. The average Bonchev–Trinajstić information content (AvgIpc) is 3.52. The molecule has 0 aromatic heterocycles. The second kappa shape index (κ2) is 12.1. The Bertz CT molecular complexity index is 1580. The van der Waals surface area contributed by atoms with Crippen LogP contribution in [0.2, 0.25) is 0 Å². The fraction of sp³-hybridized carbons (Fsp3) is 0.628. The van der Waals surface area contributed by atoms with Gasteiger partial charge >= 0.3 is 0 Å². The molecule has 4 fully saturated rings. The van der Waals surface area contributed by atoms with Gasteiger partial charge in [0.1, 0.15) is 5.82 Å². The molecule has 246 valence electrons. The molecule has 46 heavy (non-hydrogen) atoms. The Morgan fingerprint density at radius 3 is 2.15 bits per heavy atom. The zero-order valence-electron chi connectivity index (χ0n) is 28.9. The molecule has 0 amide bonds. The van der Waals surface area contributed by atoms with Crippen molar-refractivity contribution in [1.29, 1.82) is 0 Å². The topological polar surface area (TPSA) is 9.23 Å². The normalized spacial score (nSPS) is 36.8. The van der Waals surface area contributed by atoms with Crippen LogP contribution in [0.4, 0.5) is 8.78 Å². The van der Waals surface area contributed by atoms with E-state index in [1.165, 1.54) is 92.0 Å². The highest BCUT2D eigenvalue weighted by molar-refractivity contribution is 5.46. The minimum absolute atomic E-state index is 0.133. The lowest BCUT2D eigenvalue weighted by Crippen LogP contribution is -2.41. The first-order chi connectivity index (χ1) is 22.1. The number of fused-ring (bicyclic) bond motifs is 10. The predicted octanol–water partition coefficient (Wildman–Crippen LogP) is 11.3. The lowest BCUT2D eigenvalue weighted by molar-refractivity contribution is 0.0336. The number of hydrogen-bond donors (Lipinski definition) is 0. The SMILES string of the molecule is C=C1CCC2C3CCc4cc(F)c(OCC)cc4C3CC[C@]12C.CC#Cc1cc2c(cc1F)CCC1C2CC[C@]2(C)C(C)CCC12. The fourth-order valence-corrected chi connectivity index (χ4v) is 11.8. The van der Waals surface area contributed by atoms with Crippen molar-refractivity contribution < 1.29 is 13.5 Å². The van der Waals surface area contributed by atoms with E-state index in [2.05, 4.69) is 45.3 Å². The summed E-state index contributed by atoms with van der Waals surface area (Å²) in [6.45, 7) is 16.0. The van der Waals surface area contributed by atoms with Gasteiger partial charge in [-0.1, -0.05) is 38.8 Å². The second-order valence-electron chi connectivity index (χ2n) is 16.3. The Morgan fingerprint density at radius 1 is 0.804 bits per heavy atom. The lowest BCUT2D eigenvalue weighted by atomic mass is 9.54. The molecule has 0 spiro atoms. The van der Waals surface area contributed by atoms with E-state index in [4.69, 9.17) is 4.74 Å². The van der Waals surface area contributed by atoms with Crippen LogP contribution in [0, 0.1) is 63.9 Å². The monoisotopic (exact) mass is 624 g/mol. The Morgan fingerprint density at radius 2 is 1.46 bits per heavy atom. The molecule has 0 aliphatic heterocycles. The quantitative estimate of drug-likeness (QED) is 0.239. The zero-order valence-corrected chi connectivity index (χ0v) is 28.9. The zero-order chi connectivity index (χ0) is 32.4. The van der Waals surface area contributed by atoms with Gasteiger partial charge in [0, 0.05) is 0 Å². The largest absolute Gasteiger partial charge is 0.491 e. The minimum Gasteiger partial charge on any atom is -0.491 e. The van der Waals surface area contributed by atoms with Crippen molar-refractivity contribution in [1.82, 2.24) is 0 Å². The molecular weight excluding hydrogens is 570 g/mol. The molecule has 8 rings (SSSR count). The smallest absolute Gasteiger partial charge is 0.165 e. The van der Waals surface area contributed by atoms with E-state index in [0.717, 1.165) is 42.4 Å². The van der Waals surface area contributed by atoms with Crippen LogP contribution in [-0.2, 0) is 12.8 Å². The number of rotatable bonds is 2. The number of hydrogen-bond acceptors (Lipinski definition) is 1. The molecular formula is C43H54F2O. The number of ether oxygens (including phenoxy) is 1. The summed E-state index contributed by atoms with van der Waals surface area (Å²) in [5, 5.41) is 0. The molecule has 7 unspecified atom stereocenters. The standard InChI is InChI=1S/C22H27F.C21H27FO/c1-4-5-16-12-19-15(13-21(16)23)7-8-18-17(19)10-11-22(3)14(2)6-9-20(18)22;1-4-23-20-12-17-14(11-19(20)22)6-7-16-15(17)9-10-21(3)13(2)5-8-18(16)21/h12-14,17-18,20H,6-11H2,1-3H3;11-12,15-16,18H,2,4-10H2,1,3H3/t14?,17?,18?,20?,22-;15?,16?,18?,21-/m11/s1. The molecule has 1 nitrogen and oxygen atoms in total. The van der Waals surface area contributed by atoms with Gasteiger partial charge in [-0.15, -0.1) is 5.92 Å². The first-order valence-electron chi connectivity index (χ1n) is 18.5. The van der Waals surface area contributed by atoms with E-state index in [1.807, 2.05) is 13.0 Å². The summed E-state index contributed by atoms with van der Waals surface area (Å²) in [6.07, 6.45) is 14.9. The van der Waals surface area contributed by atoms with E-state index < -0.39 is 0 Å². The third-order valence-corrected chi connectivity index (χ3v) is 14.6. The molecule has 6 aliphatic rings. The van der Waals surface area contributed by atoms with Gasteiger partial charge in [-0.05, 0) is 190 Å². The van der Waals surface area contributed by atoms with Gasteiger partial charge in [-0.25, -0.2) is 8.78 Å². The van der Waals surface area contributed by atoms with Crippen LogP contribution in [0.5, 0.6) is 5.75 Å². The van der Waals surface area contributed by atoms with Gasteiger partial charge in [0.15, 0.2) is 11.6 Å². The lowest BCUT2D eigenvalue weighted by Gasteiger charge is -2.50. The van der Waals surface area contributed by atoms with Crippen molar-refractivity contribution in [2.45, 2.75) is 124 Å². The molecule has 6 aliphatic carbocycles. The van der Waals surface area contributed by atoms with Gasteiger partial charge < -0.3 is 4.74 Å². The molecule has 9 atom stereocenters. The van der Waals surface area contributed by atoms with E-state index in [-0.39, 0.29) is 11.6 Å². The highest BCUT2D eigenvalue weighted by Crippen LogP contribution is 2.64. The maximum Gasteiger partial charge on any atom is 0.165 e. The first kappa shape index (κ1) is 32.0. The van der Waals surface area contributed by atoms with Gasteiger partial charge in [0.05, 0.1) is 12.2 Å². The van der Waals surface area contributed by atoms with Gasteiger partial charge in [0.2, 0.25) is 0 Å². The Labute approximate surface area is 277 Å². The molecule has 3 heteroatoms. The first-order valence-corrected chi connectivity index (χ1v) is 18.5. The summed E-state index contributed by atoms with van der Waals surface area (Å²) in [6, 6.07) is 7.60. The van der Waals surface area contributed by atoms with Crippen LogP contribution in [0.15, 0.2) is 36.4 Å². The van der Waals surface area contributed by atoms with E-state index in [1.54, 1.807) is 19.1 Å². The van der Waals surface area contributed by atoms with Gasteiger partial charge in [-0.3, -0.25) is 0 Å². The predicted molar refractivity (Wildman–Crippen MR) is 184 cm³/mol. The summed E-state index contributed by atoms with van der Waals surface area (Å²) >= 11 is 0. The number of allylic oxidation sites excluding steroid dienone is 1. The third kappa shape index (κ3) is 5.07. The average molecular weight is 625 g/mol. The fourth-order valence-electron chi connectivity index (χ4n) is 11.8. The molecule has 0 bridgehead atoms. The second-order valence-corrected chi connectivity index (χ2v) is 16.3. The maximum absolute atomic E-state index is 14.2. The number of halogens is 2. The molecule has 0 radical (unpaired) electrons. The minimum atomic E-state index is -0.195. The summed E-state index contributed by atoms with van der Waals surface area (Å²) in [7, 11) is 0. The Hall–Kier alpha value is -2.60. The van der Waals surface area contributed by atoms with Crippen molar-refractivity contribution in [3.8, 4) is 17.6 Å². The molecule has 0 N–H and O–H groups in total. The van der Waals surface area contributed by atoms with Crippen LogP contribution in [-0.4, -0.2) is 6.61 Å². The van der Waals surface area contributed by atoms with Crippen molar-refractivity contribution in [3.05, 3.63) is 75.9 Å². The molecule has 0 heterocycles. The molecule has 0 saturated heterocycles. The van der Waals surface area contributed by atoms with Gasteiger partial charge in [-0.2, -0.15) is 0 Å². The van der Waals surface area contributed by atoms with E-state index in [9.17, 15) is 8.78 Å². The van der Waals surface area contributed by atoms with Crippen LogP contribution < -0.4 is 4.74 Å².